The maximum Gasteiger partial charge on any atom is 0.451 e. The van der Waals surface area contributed by atoms with Gasteiger partial charge in [-0.05, 0) is 25.2 Å². The number of rotatable bonds is 2. The first-order valence-electron chi connectivity index (χ1n) is 10.1. The van der Waals surface area contributed by atoms with Crippen molar-refractivity contribution in [2.75, 3.05) is 32.8 Å². The largest absolute Gasteiger partial charge is 0.451 e. The van der Waals surface area contributed by atoms with Gasteiger partial charge in [0.1, 0.15) is 12.9 Å². The highest BCUT2D eigenvalue weighted by molar-refractivity contribution is 5.79. The van der Waals surface area contributed by atoms with Crippen molar-refractivity contribution in [1.82, 2.24) is 29.9 Å². The summed E-state index contributed by atoms with van der Waals surface area (Å²) in [5.41, 5.74) is 0.0137. The summed E-state index contributed by atoms with van der Waals surface area (Å²) in [7, 11) is 0. The quantitative estimate of drug-likeness (QED) is 0.750. The molecule has 2 atom stereocenters. The molecule has 3 amide bonds. The number of ether oxygens (including phenoxy) is 1. The van der Waals surface area contributed by atoms with E-state index in [-0.39, 0.29) is 48.6 Å². The maximum absolute atomic E-state index is 12.9. The predicted octanol–water partition coefficient (Wildman–Crippen LogP) is 0.718. The first-order chi connectivity index (χ1) is 14.2. The lowest BCUT2D eigenvalue weighted by Gasteiger charge is -2.59. The van der Waals surface area contributed by atoms with Crippen molar-refractivity contribution in [1.29, 1.82) is 0 Å². The highest BCUT2D eigenvalue weighted by Gasteiger charge is 2.55. The van der Waals surface area contributed by atoms with Gasteiger partial charge in [0.25, 0.3) is 0 Å². The molecule has 30 heavy (non-hydrogen) atoms. The van der Waals surface area contributed by atoms with E-state index in [1.54, 1.807) is 9.80 Å². The third kappa shape index (κ3) is 3.40. The number of carbonyl (C=O) groups is 2. The number of alkyl halides is 3. The number of morpholine rings is 1. The Kier molecular flexibility index (Phi) is 4.46. The normalized spacial score (nSPS) is 28.6. The monoisotopic (exact) mass is 428 g/mol. The number of hydrogen-bond acceptors (Lipinski definition) is 5. The van der Waals surface area contributed by atoms with Crippen LogP contribution in [0.15, 0.2) is 6.33 Å². The van der Waals surface area contributed by atoms with Crippen LogP contribution in [-0.2, 0) is 22.3 Å². The topological polar surface area (TPSA) is 92.6 Å². The second-order valence-corrected chi connectivity index (χ2v) is 8.93. The van der Waals surface area contributed by atoms with E-state index < -0.39 is 12.0 Å². The molecule has 164 valence electrons. The second kappa shape index (κ2) is 6.82. The van der Waals surface area contributed by atoms with Crippen molar-refractivity contribution < 1.29 is 27.5 Å². The van der Waals surface area contributed by atoms with E-state index in [0.29, 0.717) is 32.6 Å². The van der Waals surface area contributed by atoms with E-state index in [1.165, 1.54) is 0 Å². The fourth-order valence-electron chi connectivity index (χ4n) is 5.39. The summed E-state index contributed by atoms with van der Waals surface area (Å²) in [6.07, 6.45) is -1.36. The molecule has 5 rings (SSSR count). The Morgan fingerprint density at radius 2 is 2.07 bits per heavy atom. The van der Waals surface area contributed by atoms with Gasteiger partial charge in [0, 0.05) is 38.1 Å². The van der Waals surface area contributed by atoms with Crippen LogP contribution < -0.4 is 5.32 Å². The molecule has 4 fully saturated rings. The van der Waals surface area contributed by atoms with Gasteiger partial charge < -0.3 is 19.9 Å². The molecule has 1 N–H and O–H groups in total. The smallest absolute Gasteiger partial charge is 0.366 e. The average molecular weight is 428 g/mol. The Hall–Kier alpha value is -2.37. The molecule has 1 aromatic heterocycles. The first kappa shape index (κ1) is 19.6. The number of carbonyl (C=O) groups excluding carboxylic acids is 2. The number of piperidine rings is 1. The molecular weight excluding hydrogens is 405 g/mol. The Morgan fingerprint density at radius 3 is 2.80 bits per heavy atom. The lowest BCUT2D eigenvalue weighted by atomic mass is 9.58. The zero-order valence-corrected chi connectivity index (χ0v) is 16.3. The molecule has 1 spiro atoms. The summed E-state index contributed by atoms with van der Waals surface area (Å²) in [5, 5.41) is 6.60. The van der Waals surface area contributed by atoms with Crippen LogP contribution in [0.25, 0.3) is 0 Å². The molecule has 4 aliphatic rings. The number of hydrogen-bond donors (Lipinski definition) is 1. The van der Waals surface area contributed by atoms with Gasteiger partial charge >= 0.3 is 12.2 Å². The highest BCUT2D eigenvalue weighted by Crippen LogP contribution is 2.52. The molecule has 3 aliphatic heterocycles. The van der Waals surface area contributed by atoms with E-state index in [1.807, 2.05) is 0 Å². The lowest BCUT2D eigenvalue weighted by molar-refractivity contribution is -0.149. The molecule has 0 aromatic carbocycles. The van der Waals surface area contributed by atoms with E-state index in [4.69, 9.17) is 4.74 Å². The molecule has 1 aromatic rings. The van der Waals surface area contributed by atoms with Crippen molar-refractivity contribution in [3.63, 3.8) is 0 Å². The minimum absolute atomic E-state index is 0.0137. The number of halogens is 3. The van der Waals surface area contributed by atoms with Crippen LogP contribution >= 0.6 is 0 Å². The summed E-state index contributed by atoms with van der Waals surface area (Å²) >= 11 is 0. The van der Waals surface area contributed by atoms with Crippen LogP contribution in [-0.4, -0.2) is 81.4 Å². The van der Waals surface area contributed by atoms with Crippen molar-refractivity contribution in [2.24, 2.45) is 11.3 Å². The minimum atomic E-state index is -4.51. The second-order valence-electron chi connectivity index (χ2n) is 8.93. The Bertz CT molecular complexity index is 844. The molecule has 1 aliphatic carbocycles. The van der Waals surface area contributed by atoms with Crippen LogP contribution in [0.1, 0.15) is 25.1 Å². The molecule has 0 unspecified atom stereocenters. The number of fused-ring (bicyclic) bond motifs is 1. The number of urea groups is 1. The fraction of sp³-hybridized carbons (Fsp3) is 0.778. The standard InChI is InChI=1S/C18H23F3N6O3/c19-18(20,21)15-22-10-23-27(15)5-11-3-17(4-11)8-26(9-17)16(29)25-2-1-13-12(6-25)24-14(28)7-30-13/h10-13H,1-9H2,(H,24,28)/t12-,13+/m1/s1. The Morgan fingerprint density at radius 1 is 1.30 bits per heavy atom. The molecule has 0 radical (unpaired) electrons. The van der Waals surface area contributed by atoms with Gasteiger partial charge in [0.15, 0.2) is 0 Å². The van der Waals surface area contributed by atoms with Crippen LogP contribution in [0.3, 0.4) is 0 Å². The van der Waals surface area contributed by atoms with E-state index in [0.717, 1.165) is 23.9 Å². The molecule has 4 heterocycles. The summed E-state index contributed by atoms with van der Waals surface area (Å²) in [5.74, 6) is -1.01. The summed E-state index contributed by atoms with van der Waals surface area (Å²) in [6.45, 7) is 2.55. The molecule has 12 heteroatoms. The summed E-state index contributed by atoms with van der Waals surface area (Å²) in [4.78, 5) is 31.2. The predicted molar refractivity (Wildman–Crippen MR) is 95.0 cm³/mol. The van der Waals surface area contributed by atoms with Gasteiger partial charge in [0.05, 0.1) is 12.1 Å². The van der Waals surface area contributed by atoms with E-state index >= 15 is 0 Å². The number of aromatic nitrogens is 3. The Balaban J connectivity index is 1.10. The van der Waals surface area contributed by atoms with Crippen LogP contribution in [0, 0.1) is 11.3 Å². The zero-order chi connectivity index (χ0) is 21.1. The van der Waals surface area contributed by atoms with Gasteiger partial charge in [-0.15, -0.1) is 0 Å². The van der Waals surface area contributed by atoms with Gasteiger partial charge in [-0.3, -0.25) is 4.79 Å². The maximum atomic E-state index is 12.9. The molecule has 3 saturated heterocycles. The third-order valence-electron chi connectivity index (χ3n) is 6.66. The van der Waals surface area contributed by atoms with Gasteiger partial charge in [-0.2, -0.15) is 18.3 Å². The number of nitrogens with one attached hydrogen (secondary N) is 1. The molecule has 0 bridgehead atoms. The average Bonchev–Trinajstić information content (AvgIpc) is 3.10. The molecular formula is C18H23F3N6O3. The number of likely N-dealkylation sites (tertiary alicyclic amines) is 2. The van der Waals surface area contributed by atoms with Crippen molar-refractivity contribution in [3.8, 4) is 0 Å². The molecule has 1 saturated carbocycles. The number of amides is 3. The van der Waals surface area contributed by atoms with Crippen molar-refractivity contribution >= 4 is 11.9 Å². The SMILES string of the molecule is O=C1CO[C@H]2CCN(C(=O)N3CC4(CC(Cn5ncnc5C(F)(F)F)C4)C3)C[C@H]2N1. The number of nitrogens with zero attached hydrogens (tertiary/aromatic N) is 5. The van der Waals surface area contributed by atoms with Gasteiger partial charge in [0.2, 0.25) is 11.7 Å². The van der Waals surface area contributed by atoms with Crippen LogP contribution in [0.4, 0.5) is 18.0 Å². The van der Waals surface area contributed by atoms with Crippen molar-refractivity contribution in [2.45, 2.75) is 44.1 Å². The van der Waals surface area contributed by atoms with Gasteiger partial charge in [-0.25, -0.2) is 14.5 Å². The first-order valence-corrected chi connectivity index (χ1v) is 10.1. The van der Waals surface area contributed by atoms with Crippen LogP contribution in [0.5, 0.6) is 0 Å². The minimum Gasteiger partial charge on any atom is -0.366 e. The van der Waals surface area contributed by atoms with E-state index in [9.17, 15) is 22.8 Å². The summed E-state index contributed by atoms with van der Waals surface area (Å²) in [6, 6.07) is -0.212. The third-order valence-corrected chi connectivity index (χ3v) is 6.66. The van der Waals surface area contributed by atoms with Crippen molar-refractivity contribution in [3.05, 3.63) is 12.2 Å². The lowest BCUT2D eigenvalue weighted by Crippen LogP contribution is -2.68. The van der Waals surface area contributed by atoms with E-state index in [2.05, 4.69) is 15.4 Å². The zero-order valence-electron chi connectivity index (χ0n) is 16.3. The fourth-order valence-corrected chi connectivity index (χ4v) is 5.39. The van der Waals surface area contributed by atoms with Crippen LogP contribution in [0.2, 0.25) is 0 Å². The Labute approximate surface area is 170 Å². The van der Waals surface area contributed by atoms with Gasteiger partial charge in [-0.1, -0.05) is 0 Å². The summed E-state index contributed by atoms with van der Waals surface area (Å²) < 4.78 is 45.2. The highest BCUT2D eigenvalue weighted by atomic mass is 19.4. The molecule has 9 nitrogen and oxygen atoms in total.